The van der Waals surface area contributed by atoms with Gasteiger partial charge >= 0.3 is 0 Å². The lowest BCUT2D eigenvalue weighted by molar-refractivity contribution is 0.171. The lowest BCUT2D eigenvalue weighted by atomic mass is 10.3. The van der Waals surface area contributed by atoms with E-state index in [4.69, 9.17) is 10.5 Å². The molecule has 0 unspecified atom stereocenters. The van der Waals surface area contributed by atoms with Crippen LogP contribution >= 0.6 is 11.8 Å². The smallest absolute Gasteiger partial charge is 0.168 e. The Labute approximate surface area is 104 Å². The number of hydrogen-bond acceptors (Lipinski definition) is 4. The fraction of sp³-hybridized carbons (Fsp3) is 0.417. The monoisotopic (exact) mass is 249 g/mol. The van der Waals surface area contributed by atoms with Gasteiger partial charge in [-0.05, 0) is 37.0 Å². The van der Waals surface area contributed by atoms with E-state index in [-0.39, 0.29) is 0 Å². The van der Waals surface area contributed by atoms with Crippen LogP contribution < -0.4 is 5.73 Å². The third-order valence-corrected chi connectivity index (χ3v) is 3.56. The lowest BCUT2D eigenvalue weighted by Crippen LogP contribution is -1.95. The average Bonchev–Trinajstić information content (AvgIpc) is 3.04. The molecule has 1 aliphatic carbocycles. The van der Waals surface area contributed by atoms with Gasteiger partial charge in [0.15, 0.2) is 5.16 Å². The van der Waals surface area contributed by atoms with Gasteiger partial charge in [0.1, 0.15) is 0 Å². The summed E-state index contributed by atoms with van der Waals surface area (Å²) >= 11 is 1.59. The highest BCUT2D eigenvalue weighted by Crippen LogP contribution is 2.29. The first kappa shape index (κ1) is 10.9. The molecule has 1 aromatic carbocycles. The largest absolute Gasteiger partial charge is 0.399 e. The number of anilines is 1. The summed E-state index contributed by atoms with van der Waals surface area (Å²) in [6, 6.07) is 5.69. The minimum atomic E-state index is 0.659. The Bertz CT molecular complexity index is 521. The fourth-order valence-electron chi connectivity index (χ4n) is 1.67. The molecular formula is C12H15N3OS. The molecule has 1 fully saturated rings. The molecule has 0 saturated heterocycles. The Balaban J connectivity index is 1.60. The van der Waals surface area contributed by atoms with Crippen molar-refractivity contribution in [2.24, 2.45) is 5.92 Å². The number of aromatic amines is 1. The molecule has 90 valence electrons. The highest BCUT2D eigenvalue weighted by Gasteiger charge is 2.21. The van der Waals surface area contributed by atoms with Crippen LogP contribution in [-0.4, -0.2) is 22.5 Å². The molecule has 0 radical (unpaired) electrons. The number of hydrogen-bond donors (Lipinski definition) is 2. The van der Waals surface area contributed by atoms with E-state index in [0.29, 0.717) is 5.94 Å². The molecule has 1 saturated carbocycles. The van der Waals surface area contributed by atoms with Crippen LogP contribution in [0.15, 0.2) is 23.4 Å². The van der Waals surface area contributed by atoms with Crippen molar-refractivity contribution >= 4 is 28.5 Å². The van der Waals surface area contributed by atoms with E-state index in [0.717, 1.165) is 34.4 Å². The van der Waals surface area contributed by atoms with Gasteiger partial charge in [-0.15, -0.1) is 0 Å². The zero-order valence-corrected chi connectivity index (χ0v) is 10.3. The van der Waals surface area contributed by atoms with Crippen molar-refractivity contribution in [3.05, 3.63) is 18.2 Å². The van der Waals surface area contributed by atoms with Crippen LogP contribution in [0.25, 0.3) is 11.0 Å². The van der Waals surface area contributed by atoms with Gasteiger partial charge in [0, 0.05) is 5.69 Å². The first-order chi connectivity index (χ1) is 8.31. The maximum Gasteiger partial charge on any atom is 0.168 e. The second kappa shape index (κ2) is 4.58. The van der Waals surface area contributed by atoms with E-state index in [1.54, 1.807) is 11.8 Å². The number of imidazole rings is 1. The van der Waals surface area contributed by atoms with Crippen molar-refractivity contribution < 1.29 is 4.74 Å². The maximum atomic E-state index is 5.72. The van der Waals surface area contributed by atoms with Gasteiger partial charge in [-0.3, -0.25) is 0 Å². The summed E-state index contributed by atoms with van der Waals surface area (Å²) in [6.07, 6.45) is 2.66. The van der Waals surface area contributed by atoms with Crippen LogP contribution in [0.3, 0.4) is 0 Å². The third kappa shape index (κ3) is 2.73. The Morgan fingerprint density at radius 2 is 2.35 bits per heavy atom. The topological polar surface area (TPSA) is 63.9 Å². The van der Waals surface area contributed by atoms with Crippen molar-refractivity contribution in [3.63, 3.8) is 0 Å². The first-order valence-electron chi connectivity index (χ1n) is 5.77. The Morgan fingerprint density at radius 1 is 1.47 bits per heavy atom. The van der Waals surface area contributed by atoms with Crippen LogP contribution in [-0.2, 0) is 4.74 Å². The van der Waals surface area contributed by atoms with Gasteiger partial charge < -0.3 is 15.5 Å². The molecular weight excluding hydrogens is 234 g/mol. The summed E-state index contributed by atoms with van der Waals surface area (Å²) in [4.78, 5) is 7.69. The number of nitrogens with two attached hydrogens (primary N) is 1. The number of fused-ring (bicyclic) bond motifs is 1. The summed E-state index contributed by atoms with van der Waals surface area (Å²) in [5.41, 5.74) is 8.40. The number of aromatic nitrogens is 2. The normalized spacial score (nSPS) is 15.5. The predicted octanol–water partition coefficient (Wildman–Crippen LogP) is 2.62. The molecule has 1 aromatic heterocycles. The molecule has 5 heteroatoms. The molecule has 0 amide bonds. The quantitative estimate of drug-likeness (QED) is 0.370. The third-order valence-electron chi connectivity index (χ3n) is 2.81. The van der Waals surface area contributed by atoms with E-state index in [1.165, 1.54) is 12.8 Å². The lowest BCUT2D eigenvalue weighted by Gasteiger charge is -1.99. The van der Waals surface area contributed by atoms with E-state index in [9.17, 15) is 0 Å². The van der Waals surface area contributed by atoms with Crippen molar-refractivity contribution in [2.75, 3.05) is 18.3 Å². The van der Waals surface area contributed by atoms with Gasteiger partial charge in [-0.25, -0.2) is 4.98 Å². The molecule has 2 aromatic rings. The Kier molecular flexibility index (Phi) is 2.94. The van der Waals surface area contributed by atoms with E-state index >= 15 is 0 Å². The minimum Gasteiger partial charge on any atom is -0.399 e. The molecule has 0 spiro atoms. The van der Waals surface area contributed by atoms with Gasteiger partial charge in [-0.2, -0.15) is 0 Å². The molecule has 0 aliphatic heterocycles. The van der Waals surface area contributed by atoms with Gasteiger partial charge in [-0.1, -0.05) is 11.8 Å². The number of nitrogens with one attached hydrogen (secondary N) is 1. The van der Waals surface area contributed by atoms with Crippen LogP contribution in [0.4, 0.5) is 5.69 Å². The molecule has 0 bridgehead atoms. The molecule has 3 N–H and O–H groups in total. The number of nitrogen functional groups attached to an aromatic ring is 1. The number of nitrogens with zero attached hydrogens (tertiary/aromatic N) is 1. The maximum absolute atomic E-state index is 5.72. The van der Waals surface area contributed by atoms with Crippen LogP contribution in [0.5, 0.6) is 0 Å². The van der Waals surface area contributed by atoms with E-state index < -0.39 is 0 Å². The van der Waals surface area contributed by atoms with E-state index in [1.807, 2.05) is 18.2 Å². The van der Waals surface area contributed by atoms with Crippen molar-refractivity contribution in [2.45, 2.75) is 18.0 Å². The number of ether oxygens (including phenoxy) is 1. The second-order valence-electron chi connectivity index (χ2n) is 4.39. The summed E-state index contributed by atoms with van der Waals surface area (Å²) in [7, 11) is 0. The molecule has 1 aliphatic rings. The minimum absolute atomic E-state index is 0.659. The highest BCUT2D eigenvalue weighted by atomic mass is 32.2. The van der Waals surface area contributed by atoms with Crippen molar-refractivity contribution in [3.8, 4) is 0 Å². The summed E-state index contributed by atoms with van der Waals surface area (Å²) in [5.74, 6) is 1.47. The number of H-pyrrole nitrogens is 1. The number of thioether (sulfide) groups is 1. The number of rotatable bonds is 5. The van der Waals surface area contributed by atoms with Crippen molar-refractivity contribution in [1.82, 2.24) is 9.97 Å². The summed E-state index contributed by atoms with van der Waals surface area (Å²) < 4.78 is 5.56. The van der Waals surface area contributed by atoms with Crippen LogP contribution in [0.1, 0.15) is 12.8 Å². The first-order valence-corrected chi connectivity index (χ1v) is 6.75. The Morgan fingerprint density at radius 3 is 3.18 bits per heavy atom. The average molecular weight is 249 g/mol. The summed E-state index contributed by atoms with van der Waals surface area (Å²) in [6.45, 7) is 0.889. The van der Waals surface area contributed by atoms with Crippen molar-refractivity contribution in [1.29, 1.82) is 0 Å². The zero-order chi connectivity index (χ0) is 11.7. The SMILES string of the molecule is Nc1ccc2nc(SCOCC3CC3)[nH]c2c1. The molecule has 17 heavy (non-hydrogen) atoms. The standard InChI is InChI=1S/C12H15N3OS/c13-9-3-4-10-11(5-9)15-12(14-10)17-7-16-6-8-1-2-8/h3-5,8H,1-2,6-7,13H2,(H,14,15). The molecule has 3 rings (SSSR count). The van der Waals surface area contributed by atoms with E-state index in [2.05, 4.69) is 9.97 Å². The fourth-order valence-corrected chi connectivity index (χ4v) is 2.31. The second-order valence-corrected chi connectivity index (χ2v) is 5.31. The molecule has 4 nitrogen and oxygen atoms in total. The molecule has 0 atom stereocenters. The number of benzene rings is 1. The Hall–Kier alpha value is -1.20. The van der Waals surface area contributed by atoms with Gasteiger partial charge in [0.2, 0.25) is 0 Å². The zero-order valence-electron chi connectivity index (χ0n) is 9.48. The van der Waals surface area contributed by atoms with Gasteiger partial charge in [0.25, 0.3) is 0 Å². The van der Waals surface area contributed by atoms with Crippen LogP contribution in [0.2, 0.25) is 0 Å². The summed E-state index contributed by atoms with van der Waals surface area (Å²) in [5, 5.41) is 0.890. The predicted molar refractivity (Wildman–Crippen MR) is 69.9 cm³/mol. The highest BCUT2D eigenvalue weighted by molar-refractivity contribution is 7.99. The molecule has 1 heterocycles. The van der Waals surface area contributed by atoms with Crippen LogP contribution in [0, 0.1) is 5.92 Å². The van der Waals surface area contributed by atoms with Gasteiger partial charge in [0.05, 0.1) is 23.6 Å².